The minimum absolute atomic E-state index is 0.0652. The lowest BCUT2D eigenvalue weighted by Gasteiger charge is -2.18. The largest absolute Gasteiger partial charge is 0.462 e. The standard InChI is InChI=1S/C44H84O6/c1-5-8-10-12-13-14-15-16-17-22-25-29-33-37-44(47)50-41(38-48-42(45)35-31-26-11-9-6-2)39-49-43(46)36-32-28-24-21-19-18-20-23-27-30-34-40(4)7-3/h40-41H,5-39H2,1-4H3/t40?,41-/m1/s1. The van der Waals surface area contributed by atoms with Crippen molar-refractivity contribution in [3.05, 3.63) is 0 Å². The molecule has 0 N–H and O–H groups in total. The van der Waals surface area contributed by atoms with Crippen molar-refractivity contribution in [2.24, 2.45) is 5.92 Å². The molecule has 0 aliphatic rings. The van der Waals surface area contributed by atoms with Gasteiger partial charge in [0.1, 0.15) is 13.2 Å². The van der Waals surface area contributed by atoms with Gasteiger partial charge in [0.2, 0.25) is 0 Å². The molecule has 0 aromatic rings. The van der Waals surface area contributed by atoms with Gasteiger partial charge < -0.3 is 14.2 Å². The molecule has 6 heteroatoms. The molecule has 0 aromatic carbocycles. The van der Waals surface area contributed by atoms with E-state index in [0.29, 0.717) is 19.3 Å². The molecule has 0 aromatic heterocycles. The molecule has 0 amide bonds. The molecule has 0 spiro atoms. The van der Waals surface area contributed by atoms with E-state index in [1.807, 2.05) is 0 Å². The summed E-state index contributed by atoms with van der Waals surface area (Å²) in [5.41, 5.74) is 0. The summed E-state index contributed by atoms with van der Waals surface area (Å²) in [5, 5.41) is 0. The summed E-state index contributed by atoms with van der Waals surface area (Å²) >= 11 is 0. The van der Waals surface area contributed by atoms with E-state index in [-0.39, 0.29) is 31.1 Å². The van der Waals surface area contributed by atoms with E-state index in [1.165, 1.54) is 128 Å². The lowest BCUT2D eigenvalue weighted by atomic mass is 9.99. The van der Waals surface area contributed by atoms with Gasteiger partial charge in [0.15, 0.2) is 6.10 Å². The van der Waals surface area contributed by atoms with Crippen molar-refractivity contribution in [1.82, 2.24) is 0 Å². The lowest BCUT2D eigenvalue weighted by molar-refractivity contribution is -0.167. The van der Waals surface area contributed by atoms with Crippen LogP contribution in [0.25, 0.3) is 0 Å². The van der Waals surface area contributed by atoms with Crippen molar-refractivity contribution in [2.45, 2.75) is 246 Å². The Balaban J connectivity index is 4.21. The molecule has 1 unspecified atom stereocenters. The maximum absolute atomic E-state index is 12.6. The average Bonchev–Trinajstić information content (AvgIpc) is 3.11. The summed E-state index contributed by atoms with van der Waals surface area (Å²) in [6, 6.07) is 0. The first-order valence-corrected chi connectivity index (χ1v) is 21.9. The maximum Gasteiger partial charge on any atom is 0.306 e. The van der Waals surface area contributed by atoms with E-state index in [2.05, 4.69) is 27.7 Å². The Morgan fingerprint density at radius 3 is 1.04 bits per heavy atom. The van der Waals surface area contributed by atoms with Crippen LogP contribution in [0, 0.1) is 5.92 Å². The predicted molar refractivity (Wildman–Crippen MR) is 210 cm³/mol. The van der Waals surface area contributed by atoms with Gasteiger partial charge in [0, 0.05) is 19.3 Å². The van der Waals surface area contributed by atoms with E-state index >= 15 is 0 Å². The summed E-state index contributed by atoms with van der Waals surface area (Å²) in [7, 11) is 0. The highest BCUT2D eigenvalue weighted by Crippen LogP contribution is 2.17. The Kier molecular flexibility index (Phi) is 37.4. The second kappa shape index (κ2) is 38.6. The molecule has 296 valence electrons. The van der Waals surface area contributed by atoms with Gasteiger partial charge in [-0.05, 0) is 25.2 Å². The Hall–Kier alpha value is -1.59. The second-order valence-corrected chi connectivity index (χ2v) is 15.2. The SMILES string of the molecule is CCCCCCCCCCCCCCCC(=O)O[C@H](COC(=O)CCCCCCC)COC(=O)CCCCCCCCCCCCC(C)CC. The fraction of sp³-hybridized carbons (Fsp3) is 0.932. The van der Waals surface area contributed by atoms with E-state index in [0.717, 1.165) is 70.1 Å². The number of carbonyl (C=O) groups excluding carboxylic acids is 3. The van der Waals surface area contributed by atoms with Gasteiger partial charge in [0.05, 0.1) is 0 Å². The third-order valence-electron chi connectivity index (χ3n) is 10.2. The molecule has 0 radical (unpaired) electrons. The third kappa shape index (κ3) is 36.2. The minimum atomic E-state index is -0.757. The second-order valence-electron chi connectivity index (χ2n) is 15.2. The number of esters is 3. The molecule has 0 saturated carbocycles. The quantitative estimate of drug-likeness (QED) is 0.0359. The highest BCUT2D eigenvalue weighted by atomic mass is 16.6. The molecule has 0 aliphatic carbocycles. The van der Waals surface area contributed by atoms with Crippen molar-refractivity contribution in [3.63, 3.8) is 0 Å². The van der Waals surface area contributed by atoms with Crippen LogP contribution in [0.5, 0.6) is 0 Å². The van der Waals surface area contributed by atoms with Crippen LogP contribution in [-0.4, -0.2) is 37.2 Å². The van der Waals surface area contributed by atoms with Crippen molar-refractivity contribution in [3.8, 4) is 0 Å². The van der Waals surface area contributed by atoms with E-state index in [4.69, 9.17) is 14.2 Å². The molecule has 0 fully saturated rings. The summed E-state index contributed by atoms with van der Waals surface area (Å²) in [6.07, 6.45) is 36.8. The number of hydrogen-bond donors (Lipinski definition) is 0. The highest BCUT2D eigenvalue weighted by Gasteiger charge is 2.19. The molecule has 0 aliphatic heterocycles. The first kappa shape index (κ1) is 48.4. The Morgan fingerprint density at radius 1 is 0.400 bits per heavy atom. The summed E-state index contributed by atoms with van der Waals surface area (Å²) in [6.45, 7) is 8.93. The zero-order chi connectivity index (χ0) is 36.8. The number of carbonyl (C=O) groups is 3. The first-order chi connectivity index (χ1) is 24.4. The van der Waals surface area contributed by atoms with Gasteiger partial charge in [-0.25, -0.2) is 0 Å². The van der Waals surface area contributed by atoms with Crippen molar-refractivity contribution in [1.29, 1.82) is 0 Å². The first-order valence-electron chi connectivity index (χ1n) is 21.9. The van der Waals surface area contributed by atoms with Crippen LogP contribution < -0.4 is 0 Å². The molecule has 2 atom stereocenters. The maximum atomic E-state index is 12.6. The molecule has 0 saturated heterocycles. The van der Waals surface area contributed by atoms with Crippen LogP contribution in [-0.2, 0) is 28.6 Å². The van der Waals surface area contributed by atoms with Crippen molar-refractivity contribution < 1.29 is 28.6 Å². The fourth-order valence-electron chi connectivity index (χ4n) is 6.42. The highest BCUT2D eigenvalue weighted by molar-refractivity contribution is 5.71. The van der Waals surface area contributed by atoms with Crippen LogP contribution in [0.2, 0.25) is 0 Å². The molecule has 50 heavy (non-hydrogen) atoms. The molecule has 0 rings (SSSR count). The van der Waals surface area contributed by atoms with Crippen molar-refractivity contribution in [2.75, 3.05) is 13.2 Å². The van der Waals surface area contributed by atoms with Crippen LogP contribution >= 0.6 is 0 Å². The zero-order valence-corrected chi connectivity index (χ0v) is 33.9. The van der Waals surface area contributed by atoms with Crippen LogP contribution in [0.3, 0.4) is 0 Å². The Morgan fingerprint density at radius 2 is 0.700 bits per heavy atom. The van der Waals surface area contributed by atoms with Gasteiger partial charge in [-0.1, -0.05) is 201 Å². The Labute approximate surface area is 310 Å². The summed E-state index contributed by atoms with van der Waals surface area (Å²) in [5.74, 6) is -0.000650. The third-order valence-corrected chi connectivity index (χ3v) is 10.2. The monoisotopic (exact) mass is 709 g/mol. The van der Waals surface area contributed by atoms with Gasteiger partial charge in [-0.2, -0.15) is 0 Å². The van der Waals surface area contributed by atoms with Crippen LogP contribution in [0.15, 0.2) is 0 Å². The molecular weight excluding hydrogens is 624 g/mol. The molecule has 6 nitrogen and oxygen atoms in total. The van der Waals surface area contributed by atoms with Crippen LogP contribution in [0.4, 0.5) is 0 Å². The van der Waals surface area contributed by atoms with Crippen molar-refractivity contribution >= 4 is 17.9 Å². The lowest BCUT2D eigenvalue weighted by Crippen LogP contribution is -2.30. The minimum Gasteiger partial charge on any atom is -0.462 e. The zero-order valence-electron chi connectivity index (χ0n) is 33.9. The number of rotatable bonds is 39. The predicted octanol–water partition coefficient (Wildman–Crippen LogP) is 13.6. The summed E-state index contributed by atoms with van der Waals surface area (Å²) < 4.78 is 16.6. The number of unbranched alkanes of at least 4 members (excludes halogenated alkanes) is 25. The van der Waals surface area contributed by atoms with Gasteiger partial charge in [-0.15, -0.1) is 0 Å². The topological polar surface area (TPSA) is 78.9 Å². The number of ether oxygens (including phenoxy) is 3. The van der Waals surface area contributed by atoms with E-state index in [9.17, 15) is 14.4 Å². The number of hydrogen-bond acceptors (Lipinski definition) is 6. The van der Waals surface area contributed by atoms with Crippen LogP contribution in [0.1, 0.15) is 240 Å². The average molecular weight is 709 g/mol. The molecule has 0 heterocycles. The summed E-state index contributed by atoms with van der Waals surface area (Å²) in [4.78, 5) is 37.4. The van der Waals surface area contributed by atoms with E-state index in [1.54, 1.807) is 0 Å². The smallest absolute Gasteiger partial charge is 0.306 e. The fourth-order valence-corrected chi connectivity index (χ4v) is 6.42. The van der Waals surface area contributed by atoms with Gasteiger partial charge in [-0.3, -0.25) is 14.4 Å². The Bertz CT molecular complexity index is 753. The normalized spacial score (nSPS) is 12.5. The van der Waals surface area contributed by atoms with Gasteiger partial charge >= 0.3 is 17.9 Å². The molecule has 0 bridgehead atoms. The molecular formula is C44H84O6. The van der Waals surface area contributed by atoms with E-state index < -0.39 is 6.10 Å². The van der Waals surface area contributed by atoms with Gasteiger partial charge in [0.25, 0.3) is 0 Å².